The van der Waals surface area contributed by atoms with Crippen LogP contribution in [0.25, 0.3) is 21.9 Å². The summed E-state index contributed by atoms with van der Waals surface area (Å²) in [6.07, 6.45) is 0.609. The fourth-order valence-electron chi connectivity index (χ4n) is 3.26. The number of rotatable bonds is 7. The van der Waals surface area contributed by atoms with E-state index < -0.39 is 5.97 Å². The number of carboxylic acids is 1. The first kappa shape index (κ1) is 18.7. The standard InChI is InChI=1S/C23H22O4/c1-3-19(21-10-6-8-16-7-4-5-9-20(16)21)22(23(24)25)17-11-13-18(14-12-17)27-15-26-2/h4-14H,3,15H2,1-2H3,(H,24,25)/b22-19+. The highest BCUT2D eigenvalue weighted by Crippen LogP contribution is 2.34. The summed E-state index contributed by atoms with van der Waals surface area (Å²) in [5.74, 6) is -0.307. The number of aliphatic carboxylic acids is 1. The Balaban J connectivity index is 2.15. The van der Waals surface area contributed by atoms with Crippen molar-refractivity contribution in [3.8, 4) is 5.75 Å². The molecule has 0 bridgehead atoms. The average Bonchev–Trinajstić information content (AvgIpc) is 2.70. The van der Waals surface area contributed by atoms with E-state index in [0.717, 1.165) is 21.9 Å². The zero-order valence-electron chi connectivity index (χ0n) is 15.4. The lowest BCUT2D eigenvalue weighted by Crippen LogP contribution is -2.04. The third-order valence-electron chi connectivity index (χ3n) is 4.47. The molecule has 0 amide bonds. The molecule has 0 aliphatic carbocycles. The Labute approximate surface area is 158 Å². The molecule has 0 aliphatic rings. The Morgan fingerprint density at radius 1 is 0.963 bits per heavy atom. The van der Waals surface area contributed by atoms with Crippen molar-refractivity contribution >= 4 is 27.9 Å². The lowest BCUT2D eigenvalue weighted by Gasteiger charge is -2.15. The van der Waals surface area contributed by atoms with Crippen LogP contribution in [0.15, 0.2) is 66.7 Å². The highest BCUT2D eigenvalue weighted by atomic mass is 16.7. The van der Waals surface area contributed by atoms with Crippen LogP contribution in [0.5, 0.6) is 5.75 Å². The van der Waals surface area contributed by atoms with Crippen LogP contribution in [0.1, 0.15) is 24.5 Å². The maximum Gasteiger partial charge on any atom is 0.336 e. The minimum Gasteiger partial charge on any atom is -0.478 e. The summed E-state index contributed by atoms with van der Waals surface area (Å²) in [7, 11) is 1.55. The fourth-order valence-corrected chi connectivity index (χ4v) is 3.26. The van der Waals surface area contributed by atoms with E-state index in [-0.39, 0.29) is 6.79 Å². The molecular formula is C23H22O4. The molecule has 27 heavy (non-hydrogen) atoms. The Morgan fingerprint density at radius 3 is 2.33 bits per heavy atom. The summed E-state index contributed by atoms with van der Waals surface area (Å²) in [4.78, 5) is 12.2. The van der Waals surface area contributed by atoms with Crippen LogP contribution in [0.3, 0.4) is 0 Å². The maximum absolute atomic E-state index is 12.2. The lowest BCUT2D eigenvalue weighted by atomic mass is 9.90. The van der Waals surface area contributed by atoms with Gasteiger partial charge in [-0.05, 0) is 46.0 Å². The SMILES string of the molecule is CC/C(=C(\C(=O)O)c1ccc(OCOC)cc1)c1cccc2ccccc12. The number of hydrogen-bond donors (Lipinski definition) is 1. The van der Waals surface area contributed by atoms with Gasteiger partial charge in [-0.2, -0.15) is 0 Å². The van der Waals surface area contributed by atoms with Crippen molar-refractivity contribution < 1.29 is 19.4 Å². The summed E-state index contributed by atoms with van der Waals surface area (Å²) < 4.78 is 10.3. The minimum atomic E-state index is -0.939. The first-order chi connectivity index (χ1) is 13.2. The van der Waals surface area contributed by atoms with Gasteiger partial charge in [0, 0.05) is 7.11 Å². The van der Waals surface area contributed by atoms with E-state index in [9.17, 15) is 9.90 Å². The van der Waals surface area contributed by atoms with Crippen molar-refractivity contribution in [2.45, 2.75) is 13.3 Å². The van der Waals surface area contributed by atoms with E-state index in [1.165, 1.54) is 0 Å². The minimum absolute atomic E-state index is 0.150. The monoisotopic (exact) mass is 362 g/mol. The summed E-state index contributed by atoms with van der Waals surface area (Å²) in [6, 6.07) is 21.1. The molecule has 0 fully saturated rings. The van der Waals surface area contributed by atoms with E-state index in [4.69, 9.17) is 9.47 Å². The number of benzene rings is 3. The van der Waals surface area contributed by atoms with Crippen molar-refractivity contribution in [2.24, 2.45) is 0 Å². The van der Waals surface area contributed by atoms with Gasteiger partial charge in [-0.25, -0.2) is 4.79 Å². The van der Waals surface area contributed by atoms with Crippen molar-refractivity contribution in [1.29, 1.82) is 0 Å². The quantitative estimate of drug-likeness (QED) is 0.355. The third-order valence-corrected chi connectivity index (χ3v) is 4.47. The first-order valence-corrected chi connectivity index (χ1v) is 8.82. The van der Waals surface area contributed by atoms with Crippen LogP contribution in [0.2, 0.25) is 0 Å². The molecule has 3 rings (SSSR count). The normalized spacial score (nSPS) is 11.9. The number of ether oxygens (including phenoxy) is 2. The van der Waals surface area contributed by atoms with E-state index in [1.807, 2.05) is 49.4 Å². The van der Waals surface area contributed by atoms with Crippen LogP contribution in [-0.2, 0) is 9.53 Å². The largest absolute Gasteiger partial charge is 0.478 e. The molecule has 0 saturated heterocycles. The predicted molar refractivity (Wildman–Crippen MR) is 108 cm³/mol. The fraction of sp³-hybridized carbons (Fsp3) is 0.174. The van der Waals surface area contributed by atoms with Gasteiger partial charge in [-0.3, -0.25) is 0 Å². The Morgan fingerprint density at radius 2 is 1.67 bits per heavy atom. The molecule has 4 heteroatoms. The van der Waals surface area contributed by atoms with Crippen LogP contribution in [0.4, 0.5) is 0 Å². The number of carbonyl (C=O) groups is 1. The van der Waals surface area contributed by atoms with E-state index in [2.05, 4.69) is 0 Å². The highest BCUT2D eigenvalue weighted by molar-refractivity contribution is 6.25. The topological polar surface area (TPSA) is 55.8 Å². The number of carboxylic acid groups (broad SMARTS) is 1. The van der Waals surface area contributed by atoms with Gasteiger partial charge in [0.15, 0.2) is 6.79 Å². The van der Waals surface area contributed by atoms with Crippen LogP contribution < -0.4 is 4.74 Å². The van der Waals surface area contributed by atoms with Crippen molar-refractivity contribution in [1.82, 2.24) is 0 Å². The molecule has 1 N–H and O–H groups in total. The maximum atomic E-state index is 12.2. The van der Waals surface area contributed by atoms with E-state index in [1.54, 1.807) is 31.4 Å². The van der Waals surface area contributed by atoms with Gasteiger partial charge in [0.1, 0.15) is 5.75 Å². The van der Waals surface area contributed by atoms with Gasteiger partial charge in [0.2, 0.25) is 0 Å². The van der Waals surface area contributed by atoms with Crippen molar-refractivity contribution in [2.75, 3.05) is 13.9 Å². The Kier molecular flexibility index (Phi) is 5.89. The van der Waals surface area contributed by atoms with Crippen LogP contribution >= 0.6 is 0 Å². The smallest absolute Gasteiger partial charge is 0.336 e. The summed E-state index contributed by atoms with van der Waals surface area (Å²) in [5, 5.41) is 12.1. The molecule has 0 saturated carbocycles. The average molecular weight is 362 g/mol. The molecule has 138 valence electrons. The molecule has 0 radical (unpaired) electrons. The second-order valence-corrected chi connectivity index (χ2v) is 6.11. The number of methoxy groups -OCH3 is 1. The zero-order valence-corrected chi connectivity index (χ0v) is 15.4. The van der Waals surface area contributed by atoms with Gasteiger partial charge in [-0.15, -0.1) is 0 Å². The molecule has 3 aromatic carbocycles. The number of fused-ring (bicyclic) bond motifs is 1. The zero-order chi connectivity index (χ0) is 19.2. The van der Waals surface area contributed by atoms with Gasteiger partial charge in [-0.1, -0.05) is 61.5 Å². The number of hydrogen-bond acceptors (Lipinski definition) is 3. The first-order valence-electron chi connectivity index (χ1n) is 8.82. The summed E-state index contributed by atoms with van der Waals surface area (Å²) in [5.41, 5.74) is 2.72. The molecule has 0 aromatic heterocycles. The second kappa shape index (κ2) is 8.52. The van der Waals surface area contributed by atoms with E-state index in [0.29, 0.717) is 23.3 Å². The molecular weight excluding hydrogens is 340 g/mol. The molecule has 0 spiro atoms. The molecule has 0 heterocycles. The molecule has 4 nitrogen and oxygen atoms in total. The Bertz CT molecular complexity index is 966. The lowest BCUT2D eigenvalue weighted by molar-refractivity contribution is -0.130. The van der Waals surface area contributed by atoms with Crippen LogP contribution in [0, 0.1) is 0 Å². The molecule has 3 aromatic rings. The van der Waals surface area contributed by atoms with Gasteiger partial charge < -0.3 is 14.6 Å². The second-order valence-electron chi connectivity index (χ2n) is 6.11. The van der Waals surface area contributed by atoms with Crippen LogP contribution in [-0.4, -0.2) is 25.0 Å². The van der Waals surface area contributed by atoms with E-state index >= 15 is 0 Å². The predicted octanol–water partition coefficient (Wildman–Crippen LogP) is 5.23. The van der Waals surface area contributed by atoms with Gasteiger partial charge >= 0.3 is 5.97 Å². The van der Waals surface area contributed by atoms with Crippen molar-refractivity contribution in [3.05, 3.63) is 77.9 Å². The summed E-state index contributed by atoms with van der Waals surface area (Å²) in [6.45, 7) is 2.13. The van der Waals surface area contributed by atoms with Crippen molar-refractivity contribution in [3.63, 3.8) is 0 Å². The van der Waals surface area contributed by atoms with Gasteiger partial charge in [0.25, 0.3) is 0 Å². The van der Waals surface area contributed by atoms with Gasteiger partial charge in [0.05, 0.1) is 5.57 Å². The highest BCUT2D eigenvalue weighted by Gasteiger charge is 2.18. The molecule has 0 aliphatic heterocycles. The number of allylic oxidation sites excluding steroid dienone is 1. The molecule has 0 unspecified atom stereocenters. The third kappa shape index (κ3) is 4.01. The Hall–Kier alpha value is -3.11. The summed E-state index contributed by atoms with van der Waals surface area (Å²) >= 11 is 0. The molecule has 0 atom stereocenters.